The van der Waals surface area contributed by atoms with Crippen molar-refractivity contribution in [2.75, 3.05) is 19.6 Å². The van der Waals surface area contributed by atoms with Gasteiger partial charge in [0.15, 0.2) is 0 Å². The molecule has 102 valence electrons. The molecule has 0 aromatic heterocycles. The van der Waals surface area contributed by atoms with E-state index in [0.29, 0.717) is 23.8 Å². The molecule has 1 N–H and O–H groups in total. The highest BCUT2D eigenvalue weighted by Crippen LogP contribution is 2.33. The summed E-state index contributed by atoms with van der Waals surface area (Å²) in [7, 11) is 0. The zero-order chi connectivity index (χ0) is 12.5. The van der Waals surface area contributed by atoms with E-state index in [0.717, 1.165) is 38.3 Å². The number of carbonyl (C=O) groups excluding carboxylic acids is 1. The van der Waals surface area contributed by atoms with E-state index in [1.54, 1.807) is 0 Å². The van der Waals surface area contributed by atoms with E-state index in [4.69, 9.17) is 0 Å². The standard InChI is InChI=1S/C15H26N2O/c1-2-12-10-17(15(18)13-5-6-13)8-7-14(12)16-9-11-3-4-11/h11-14,16H,2-10H2,1H3. The molecule has 3 heteroatoms. The van der Waals surface area contributed by atoms with E-state index < -0.39 is 0 Å². The number of nitrogens with zero attached hydrogens (tertiary/aromatic N) is 1. The Hall–Kier alpha value is -0.570. The van der Waals surface area contributed by atoms with Gasteiger partial charge in [0.1, 0.15) is 0 Å². The van der Waals surface area contributed by atoms with Crippen molar-refractivity contribution in [3.05, 3.63) is 0 Å². The molecule has 1 amide bonds. The van der Waals surface area contributed by atoms with Gasteiger partial charge >= 0.3 is 0 Å². The highest BCUT2D eigenvalue weighted by Gasteiger charge is 2.37. The van der Waals surface area contributed by atoms with E-state index in [9.17, 15) is 4.79 Å². The maximum atomic E-state index is 12.1. The van der Waals surface area contributed by atoms with Gasteiger partial charge in [-0.3, -0.25) is 4.79 Å². The van der Waals surface area contributed by atoms with Crippen molar-refractivity contribution < 1.29 is 4.79 Å². The Morgan fingerprint density at radius 3 is 2.61 bits per heavy atom. The SMILES string of the molecule is CCC1CN(C(=O)C2CC2)CCC1NCC1CC1. The van der Waals surface area contributed by atoms with Crippen LogP contribution in [0.2, 0.25) is 0 Å². The normalized spacial score (nSPS) is 32.6. The average Bonchev–Trinajstić information content (AvgIpc) is 3.28. The van der Waals surface area contributed by atoms with Crippen molar-refractivity contribution >= 4 is 5.91 Å². The van der Waals surface area contributed by atoms with Crippen LogP contribution in [0.3, 0.4) is 0 Å². The summed E-state index contributed by atoms with van der Waals surface area (Å²) < 4.78 is 0. The smallest absolute Gasteiger partial charge is 0.225 e. The quantitative estimate of drug-likeness (QED) is 0.809. The summed E-state index contributed by atoms with van der Waals surface area (Å²) in [5.41, 5.74) is 0. The van der Waals surface area contributed by atoms with Crippen LogP contribution in [0.15, 0.2) is 0 Å². The van der Waals surface area contributed by atoms with Crippen LogP contribution in [0.25, 0.3) is 0 Å². The van der Waals surface area contributed by atoms with Gasteiger partial charge in [0.25, 0.3) is 0 Å². The summed E-state index contributed by atoms with van der Waals surface area (Å²) in [5.74, 6) is 2.45. The first-order valence-corrected chi connectivity index (χ1v) is 7.80. The van der Waals surface area contributed by atoms with Crippen molar-refractivity contribution in [2.24, 2.45) is 17.8 Å². The lowest BCUT2D eigenvalue weighted by atomic mass is 9.89. The third-order valence-electron chi connectivity index (χ3n) is 4.86. The average molecular weight is 250 g/mol. The third kappa shape index (κ3) is 2.87. The first kappa shape index (κ1) is 12.5. The maximum Gasteiger partial charge on any atom is 0.225 e. The molecule has 3 rings (SSSR count). The predicted octanol–water partition coefficient (Wildman–Crippen LogP) is 2.02. The second-order valence-electron chi connectivity index (χ2n) is 6.47. The highest BCUT2D eigenvalue weighted by atomic mass is 16.2. The van der Waals surface area contributed by atoms with Crippen LogP contribution < -0.4 is 5.32 Å². The van der Waals surface area contributed by atoms with E-state index in [1.165, 1.54) is 25.8 Å². The molecule has 2 saturated carbocycles. The Kier molecular flexibility index (Phi) is 3.60. The molecule has 3 nitrogen and oxygen atoms in total. The molecule has 0 spiro atoms. The summed E-state index contributed by atoms with van der Waals surface area (Å²) in [6.07, 6.45) is 7.46. The number of piperidine rings is 1. The topological polar surface area (TPSA) is 32.3 Å². The van der Waals surface area contributed by atoms with Gasteiger partial charge in [0.2, 0.25) is 5.91 Å². The fourth-order valence-corrected chi connectivity index (χ4v) is 3.14. The molecule has 3 aliphatic rings. The zero-order valence-electron chi connectivity index (χ0n) is 11.5. The fourth-order valence-electron chi connectivity index (χ4n) is 3.14. The Labute approximate surface area is 110 Å². The van der Waals surface area contributed by atoms with Gasteiger partial charge < -0.3 is 10.2 Å². The molecular formula is C15H26N2O. The Balaban J connectivity index is 1.50. The minimum atomic E-state index is 0.387. The number of carbonyl (C=O) groups is 1. The van der Waals surface area contributed by atoms with Crippen molar-refractivity contribution in [1.82, 2.24) is 10.2 Å². The first-order chi connectivity index (χ1) is 8.78. The van der Waals surface area contributed by atoms with E-state index in [1.807, 2.05) is 0 Å². The molecule has 1 heterocycles. The second-order valence-corrected chi connectivity index (χ2v) is 6.47. The largest absolute Gasteiger partial charge is 0.342 e. The van der Waals surface area contributed by atoms with Gasteiger partial charge in [-0.15, -0.1) is 0 Å². The van der Waals surface area contributed by atoms with E-state index in [-0.39, 0.29) is 0 Å². The van der Waals surface area contributed by atoms with Crippen LogP contribution in [-0.2, 0) is 4.79 Å². The minimum Gasteiger partial charge on any atom is -0.342 e. The molecule has 0 aromatic carbocycles. The van der Waals surface area contributed by atoms with Gasteiger partial charge in [-0.2, -0.15) is 0 Å². The molecule has 3 fully saturated rings. The fraction of sp³-hybridized carbons (Fsp3) is 0.933. The van der Waals surface area contributed by atoms with Crippen molar-refractivity contribution in [1.29, 1.82) is 0 Å². The number of hydrogen-bond acceptors (Lipinski definition) is 2. The molecule has 2 unspecified atom stereocenters. The number of hydrogen-bond donors (Lipinski definition) is 1. The Bertz CT molecular complexity index is 310. The van der Waals surface area contributed by atoms with Gasteiger partial charge in [-0.05, 0) is 50.5 Å². The van der Waals surface area contributed by atoms with Crippen LogP contribution >= 0.6 is 0 Å². The van der Waals surface area contributed by atoms with Crippen LogP contribution in [0.4, 0.5) is 0 Å². The Morgan fingerprint density at radius 2 is 2.00 bits per heavy atom. The van der Waals surface area contributed by atoms with Crippen LogP contribution in [0.1, 0.15) is 45.4 Å². The van der Waals surface area contributed by atoms with Gasteiger partial charge in [0, 0.05) is 25.0 Å². The van der Waals surface area contributed by atoms with Crippen LogP contribution in [0, 0.1) is 17.8 Å². The van der Waals surface area contributed by atoms with Gasteiger partial charge in [-0.25, -0.2) is 0 Å². The molecule has 1 aliphatic heterocycles. The number of amides is 1. The number of nitrogens with one attached hydrogen (secondary N) is 1. The minimum absolute atomic E-state index is 0.387. The molecular weight excluding hydrogens is 224 g/mol. The molecule has 0 aromatic rings. The predicted molar refractivity (Wildman–Crippen MR) is 72.2 cm³/mol. The third-order valence-corrected chi connectivity index (χ3v) is 4.86. The molecule has 1 saturated heterocycles. The van der Waals surface area contributed by atoms with Gasteiger partial charge in [0.05, 0.1) is 0 Å². The maximum absolute atomic E-state index is 12.1. The molecule has 0 bridgehead atoms. The van der Waals surface area contributed by atoms with Gasteiger partial charge in [-0.1, -0.05) is 13.3 Å². The summed E-state index contributed by atoms with van der Waals surface area (Å²) in [6.45, 7) is 5.45. The van der Waals surface area contributed by atoms with Crippen molar-refractivity contribution in [2.45, 2.75) is 51.5 Å². The highest BCUT2D eigenvalue weighted by molar-refractivity contribution is 5.81. The Morgan fingerprint density at radius 1 is 1.22 bits per heavy atom. The summed E-state index contributed by atoms with van der Waals surface area (Å²) in [4.78, 5) is 14.3. The lowest BCUT2D eigenvalue weighted by molar-refractivity contribution is -0.134. The first-order valence-electron chi connectivity index (χ1n) is 7.80. The van der Waals surface area contributed by atoms with Crippen molar-refractivity contribution in [3.8, 4) is 0 Å². The second kappa shape index (κ2) is 5.20. The molecule has 2 aliphatic carbocycles. The summed E-state index contributed by atoms with van der Waals surface area (Å²) >= 11 is 0. The number of likely N-dealkylation sites (tertiary alicyclic amines) is 1. The molecule has 2 atom stereocenters. The zero-order valence-corrected chi connectivity index (χ0v) is 11.5. The van der Waals surface area contributed by atoms with Crippen molar-refractivity contribution in [3.63, 3.8) is 0 Å². The monoisotopic (exact) mass is 250 g/mol. The lowest BCUT2D eigenvalue weighted by Gasteiger charge is -2.39. The summed E-state index contributed by atoms with van der Waals surface area (Å²) in [5, 5.41) is 3.75. The van der Waals surface area contributed by atoms with E-state index >= 15 is 0 Å². The lowest BCUT2D eigenvalue weighted by Crippen LogP contribution is -2.51. The van der Waals surface area contributed by atoms with E-state index in [2.05, 4.69) is 17.1 Å². The number of rotatable bonds is 5. The molecule has 0 radical (unpaired) electrons. The summed E-state index contributed by atoms with van der Waals surface area (Å²) in [6, 6.07) is 0.652. The van der Waals surface area contributed by atoms with Crippen LogP contribution in [-0.4, -0.2) is 36.5 Å². The van der Waals surface area contributed by atoms with Crippen LogP contribution in [0.5, 0.6) is 0 Å². The molecule has 18 heavy (non-hydrogen) atoms.